The van der Waals surface area contributed by atoms with Crippen LogP contribution in [0.15, 0.2) is 17.6 Å². The Kier molecular flexibility index (Phi) is 12.3. The highest BCUT2D eigenvalue weighted by molar-refractivity contribution is 5.80. The summed E-state index contributed by atoms with van der Waals surface area (Å²) in [6.07, 6.45) is 6.62. The van der Waals surface area contributed by atoms with Gasteiger partial charge in [-0.05, 0) is 26.2 Å². The van der Waals surface area contributed by atoms with E-state index in [2.05, 4.69) is 41.1 Å². The first-order chi connectivity index (χ1) is 10.5. The lowest BCUT2D eigenvalue weighted by atomic mass is 10.2. The lowest BCUT2D eigenvalue weighted by Crippen LogP contribution is -2.40. The van der Waals surface area contributed by atoms with Gasteiger partial charge >= 0.3 is 0 Å². The SMILES string of the molecule is C=CCCCCCN(C)C(=NCCNC(=O)C(C)C)NCC. The average molecular weight is 310 g/mol. The highest BCUT2D eigenvalue weighted by Crippen LogP contribution is 2.01. The number of rotatable bonds is 11. The number of aliphatic imine (C=N–C) groups is 1. The molecule has 0 saturated heterocycles. The van der Waals surface area contributed by atoms with Crippen LogP contribution in [-0.4, -0.2) is 50.0 Å². The lowest BCUT2D eigenvalue weighted by Gasteiger charge is -2.22. The van der Waals surface area contributed by atoms with Crippen molar-refractivity contribution in [2.24, 2.45) is 10.9 Å². The van der Waals surface area contributed by atoms with Crippen molar-refractivity contribution in [1.82, 2.24) is 15.5 Å². The van der Waals surface area contributed by atoms with Crippen molar-refractivity contribution in [3.05, 3.63) is 12.7 Å². The molecule has 0 bridgehead atoms. The van der Waals surface area contributed by atoms with Crippen molar-refractivity contribution in [3.8, 4) is 0 Å². The van der Waals surface area contributed by atoms with Gasteiger partial charge < -0.3 is 15.5 Å². The molecule has 5 nitrogen and oxygen atoms in total. The quantitative estimate of drug-likeness (QED) is 0.267. The molecule has 0 unspecified atom stereocenters. The van der Waals surface area contributed by atoms with Gasteiger partial charge in [0, 0.05) is 32.6 Å². The van der Waals surface area contributed by atoms with E-state index in [0.717, 1.165) is 31.9 Å². The number of guanidine groups is 1. The normalized spacial score (nSPS) is 11.4. The Labute approximate surface area is 136 Å². The van der Waals surface area contributed by atoms with Crippen molar-refractivity contribution in [2.75, 3.05) is 33.2 Å². The third kappa shape index (κ3) is 10.2. The molecule has 1 amide bonds. The molecule has 0 radical (unpaired) electrons. The highest BCUT2D eigenvalue weighted by Gasteiger charge is 2.06. The van der Waals surface area contributed by atoms with Gasteiger partial charge in [-0.25, -0.2) is 0 Å². The van der Waals surface area contributed by atoms with Crippen LogP contribution < -0.4 is 10.6 Å². The minimum absolute atomic E-state index is 0.0236. The van der Waals surface area contributed by atoms with Crippen LogP contribution in [0.2, 0.25) is 0 Å². The molecule has 5 heteroatoms. The van der Waals surface area contributed by atoms with Crippen LogP contribution in [0.1, 0.15) is 46.5 Å². The first-order valence-corrected chi connectivity index (χ1v) is 8.41. The van der Waals surface area contributed by atoms with Gasteiger partial charge in [-0.3, -0.25) is 9.79 Å². The number of hydrogen-bond donors (Lipinski definition) is 2. The van der Waals surface area contributed by atoms with Gasteiger partial charge in [0.05, 0.1) is 6.54 Å². The minimum atomic E-state index is 0.0236. The van der Waals surface area contributed by atoms with E-state index in [9.17, 15) is 4.79 Å². The number of carbonyl (C=O) groups is 1. The lowest BCUT2D eigenvalue weighted by molar-refractivity contribution is -0.123. The molecule has 0 spiro atoms. The molecule has 0 aliphatic rings. The number of carbonyl (C=O) groups excluding carboxylic acids is 1. The van der Waals surface area contributed by atoms with Crippen LogP contribution in [0.4, 0.5) is 0 Å². The Hall–Kier alpha value is -1.52. The molecule has 0 aliphatic carbocycles. The van der Waals surface area contributed by atoms with Crippen LogP contribution >= 0.6 is 0 Å². The van der Waals surface area contributed by atoms with Crippen LogP contribution in [-0.2, 0) is 4.79 Å². The van der Waals surface area contributed by atoms with E-state index >= 15 is 0 Å². The second-order valence-electron chi connectivity index (χ2n) is 5.74. The fraction of sp³-hybridized carbons (Fsp3) is 0.765. The van der Waals surface area contributed by atoms with Crippen molar-refractivity contribution >= 4 is 11.9 Å². The largest absolute Gasteiger partial charge is 0.357 e. The van der Waals surface area contributed by atoms with Crippen LogP contribution in [0.3, 0.4) is 0 Å². The Morgan fingerprint density at radius 3 is 2.59 bits per heavy atom. The van der Waals surface area contributed by atoms with Gasteiger partial charge in [0.15, 0.2) is 5.96 Å². The second-order valence-corrected chi connectivity index (χ2v) is 5.74. The van der Waals surface area contributed by atoms with Crippen LogP contribution in [0.25, 0.3) is 0 Å². The van der Waals surface area contributed by atoms with Gasteiger partial charge in [0.1, 0.15) is 0 Å². The maximum atomic E-state index is 11.5. The Morgan fingerprint density at radius 2 is 2.00 bits per heavy atom. The maximum absolute atomic E-state index is 11.5. The molecule has 22 heavy (non-hydrogen) atoms. The molecule has 128 valence electrons. The molecule has 0 aromatic carbocycles. The van der Waals surface area contributed by atoms with E-state index in [1.165, 1.54) is 12.8 Å². The third-order valence-corrected chi connectivity index (χ3v) is 3.30. The number of hydrogen-bond acceptors (Lipinski definition) is 2. The zero-order valence-corrected chi connectivity index (χ0v) is 14.8. The van der Waals surface area contributed by atoms with Gasteiger partial charge in [-0.15, -0.1) is 6.58 Å². The number of nitrogens with zero attached hydrogens (tertiary/aromatic N) is 2. The number of amides is 1. The summed E-state index contributed by atoms with van der Waals surface area (Å²) in [5.41, 5.74) is 0. The second kappa shape index (κ2) is 13.2. The van der Waals surface area contributed by atoms with Gasteiger partial charge in [-0.2, -0.15) is 0 Å². The predicted molar refractivity (Wildman–Crippen MR) is 95.1 cm³/mol. The molecular weight excluding hydrogens is 276 g/mol. The third-order valence-electron chi connectivity index (χ3n) is 3.30. The number of nitrogens with one attached hydrogen (secondary N) is 2. The summed E-state index contributed by atoms with van der Waals surface area (Å²) in [6.45, 7) is 12.6. The van der Waals surface area contributed by atoms with E-state index in [4.69, 9.17) is 0 Å². The average Bonchev–Trinajstić information content (AvgIpc) is 2.49. The van der Waals surface area contributed by atoms with Crippen molar-refractivity contribution < 1.29 is 4.79 Å². The maximum Gasteiger partial charge on any atom is 0.222 e. The summed E-state index contributed by atoms with van der Waals surface area (Å²) < 4.78 is 0. The molecule has 0 aromatic heterocycles. The standard InChI is InChI=1S/C17H34N4O/c1-6-8-9-10-11-14-21(5)17(18-7-2)20-13-12-19-16(22)15(3)4/h6,15H,1,7-14H2,2-5H3,(H,18,20)(H,19,22). The first-order valence-electron chi connectivity index (χ1n) is 8.41. The van der Waals surface area contributed by atoms with E-state index in [-0.39, 0.29) is 11.8 Å². The number of unbranched alkanes of at least 4 members (excludes halogenated alkanes) is 3. The topological polar surface area (TPSA) is 56.7 Å². The van der Waals surface area contributed by atoms with Gasteiger partial charge in [0.25, 0.3) is 0 Å². The van der Waals surface area contributed by atoms with Crippen molar-refractivity contribution in [3.63, 3.8) is 0 Å². The molecule has 0 saturated carbocycles. The summed E-state index contributed by atoms with van der Waals surface area (Å²) in [7, 11) is 2.06. The van der Waals surface area contributed by atoms with Crippen LogP contribution in [0, 0.1) is 5.92 Å². The summed E-state index contributed by atoms with van der Waals surface area (Å²) >= 11 is 0. The highest BCUT2D eigenvalue weighted by atomic mass is 16.1. The molecule has 0 rings (SSSR count). The van der Waals surface area contributed by atoms with E-state index < -0.39 is 0 Å². The molecule has 0 fully saturated rings. The van der Waals surface area contributed by atoms with E-state index in [1.54, 1.807) is 0 Å². The number of allylic oxidation sites excluding steroid dienone is 1. The smallest absolute Gasteiger partial charge is 0.222 e. The molecule has 0 aromatic rings. The van der Waals surface area contributed by atoms with Crippen molar-refractivity contribution in [2.45, 2.75) is 46.5 Å². The molecular formula is C17H34N4O. The molecule has 0 heterocycles. The van der Waals surface area contributed by atoms with Gasteiger partial charge in [0.2, 0.25) is 5.91 Å². The molecule has 0 atom stereocenters. The minimum Gasteiger partial charge on any atom is -0.357 e. The Bertz CT molecular complexity index is 340. The zero-order valence-electron chi connectivity index (χ0n) is 14.8. The fourth-order valence-corrected chi connectivity index (χ4v) is 1.94. The summed E-state index contributed by atoms with van der Waals surface area (Å²) in [4.78, 5) is 18.2. The van der Waals surface area contributed by atoms with Crippen LogP contribution in [0.5, 0.6) is 0 Å². The fourth-order valence-electron chi connectivity index (χ4n) is 1.94. The zero-order chi connectivity index (χ0) is 16.8. The Balaban J connectivity index is 4.11. The van der Waals surface area contributed by atoms with Gasteiger partial charge in [-0.1, -0.05) is 26.3 Å². The van der Waals surface area contributed by atoms with E-state index in [1.807, 2.05) is 19.9 Å². The molecule has 0 aliphatic heterocycles. The van der Waals surface area contributed by atoms with Crippen molar-refractivity contribution in [1.29, 1.82) is 0 Å². The monoisotopic (exact) mass is 310 g/mol. The Morgan fingerprint density at radius 1 is 1.27 bits per heavy atom. The first kappa shape index (κ1) is 20.5. The molecule has 2 N–H and O–H groups in total. The summed E-state index contributed by atoms with van der Waals surface area (Å²) in [5.74, 6) is 1.01. The predicted octanol–water partition coefficient (Wildman–Crippen LogP) is 2.40. The van der Waals surface area contributed by atoms with E-state index in [0.29, 0.717) is 13.1 Å². The summed E-state index contributed by atoms with van der Waals surface area (Å²) in [6, 6.07) is 0. The summed E-state index contributed by atoms with van der Waals surface area (Å²) in [5, 5.41) is 6.18.